The van der Waals surface area contributed by atoms with Gasteiger partial charge in [0, 0.05) is 12.1 Å². The van der Waals surface area contributed by atoms with Crippen molar-refractivity contribution in [1.29, 1.82) is 0 Å². The van der Waals surface area contributed by atoms with Crippen molar-refractivity contribution in [2.45, 2.75) is 60.2 Å². The van der Waals surface area contributed by atoms with Gasteiger partial charge >= 0.3 is 5.97 Å². The Morgan fingerprint density at radius 2 is 1.50 bits per heavy atom. The van der Waals surface area contributed by atoms with Gasteiger partial charge in [-0.15, -0.1) is 0 Å². The molecule has 20 heavy (non-hydrogen) atoms. The summed E-state index contributed by atoms with van der Waals surface area (Å²) in [5, 5.41) is 3.44. The summed E-state index contributed by atoms with van der Waals surface area (Å²) in [7, 11) is 0. The Balaban J connectivity index is 2.49. The zero-order valence-electron chi connectivity index (χ0n) is 13.5. The highest BCUT2D eigenvalue weighted by atomic mass is 16.5. The van der Waals surface area contributed by atoms with Crippen LogP contribution in [0.25, 0.3) is 0 Å². The lowest BCUT2D eigenvalue weighted by molar-refractivity contribution is -0.154. The number of nitrogens with one attached hydrogen (secondary N) is 1. The SMILES string of the molecule is CC(C)(C)NCc1ccc(COC(=O)C(C)(C)C)cc1. The van der Waals surface area contributed by atoms with Crippen molar-refractivity contribution < 1.29 is 9.53 Å². The van der Waals surface area contributed by atoms with Crippen molar-refractivity contribution in [3.63, 3.8) is 0 Å². The van der Waals surface area contributed by atoms with Gasteiger partial charge in [0.25, 0.3) is 0 Å². The van der Waals surface area contributed by atoms with E-state index < -0.39 is 5.41 Å². The van der Waals surface area contributed by atoms with E-state index in [4.69, 9.17) is 4.74 Å². The predicted molar refractivity (Wildman–Crippen MR) is 82.3 cm³/mol. The summed E-state index contributed by atoms with van der Waals surface area (Å²) in [5.41, 5.74) is 1.91. The summed E-state index contributed by atoms with van der Waals surface area (Å²) in [6.07, 6.45) is 0. The molecule has 0 fully saturated rings. The van der Waals surface area contributed by atoms with Gasteiger partial charge < -0.3 is 10.1 Å². The molecule has 0 aliphatic carbocycles. The standard InChI is InChI=1S/C17H27NO2/c1-16(2,3)15(19)20-12-14-9-7-13(8-10-14)11-18-17(4,5)6/h7-10,18H,11-12H2,1-6H3. The van der Waals surface area contributed by atoms with Crippen molar-refractivity contribution >= 4 is 5.97 Å². The molecule has 0 unspecified atom stereocenters. The zero-order chi connectivity index (χ0) is 15.4. The third kappa shape index (κ3) is 6.20. The second-order valence-electron chi connectivity index (χ2n) is 7.25. The first kappa shape index (κ1) is 16.7. The average molecular weight is 277 g/mol. The van der Waals surface area contributed by atoms with Gasteiger partial charge in [-0.25, -0.2) is 0 Å². The van der Waals surface area contributed by atoms with Gasteiger partial charge in [0.15, 0.2) is 0 Å². The Kier molecular flexibility index (Phi) is 5.35. The maximum Gasteiger partial charge on any atom is 0.311 e. The van der Waals surface area contributed by atoms with Crippen molar-refractivity contribution in [1.82, 2.24) is 5.32 Å². The van der Waals surface area contributed by atoms with E-state index in [9.17, 15) is 4.79 Å². The minimum absolute atomic E-state index is 0.112. The van der Waals surface area contributed by atoms with Crippen molar-refractivity contribution in [2.75, 3.05) is 0 Å². The second-order valence-corrected chi connectivity index (χ2v) is 7.25. The Bertz CT molecular complexity index is 436. The van der Waals surface area contributed by atoms with Gasteiger partial charge in [0.05, 0.1) is 5.41 Å². The molecule has 0 aliphatic rings. The number of carbonyl (C=O) groups excluding carboxylic acids is 1. The molecule has 0 aliphatic heterocycles. The first-order valence-electron chi connectivity index (χ1n) is 7.08. The molecular formula is C17H27NO2. The van der Waals surface area contributed by atoms with Gasteiger partial charge in [0.2, 0.25) is 0 Å². The fourth-order valence-corrected chi connectivity index (χ4v) is 1.49. The predicted octanol–water partition coefficient (Wildman–Crippen LogP) is 3.66. The molecule has 0 amide bonds. The summed E-state index contributed by atoms with van der Waals surface area (Å²) in [4.78, 5) is 11.7. The van der Waals surface area contributed by atoms with E-state index in [0.29, 0.717) is 6.61 Å². The second kappa shape index (κ2) is 6.40. The number of benzene rings is 1. The van der Waals surface area contributed by atoms with E-state index in [1.807, 2.05) is 32.9 Å². The molecule has 0 bridgehead atoms. The number of carbonyl (C=O) groups is 1. The molecule has 1 aromatic carbocycles. The van der Waals surface area contributed by atoms with Crippen molar-refractivity contribution in [2.24, 2.45) is 5.41 Å². The quantitative estimate of drug-likeness (QED) is 0.853. The summed E-state index contributed by atoms with van der Waals surface area (Å²) in [6, 6.07) is 8.16. The van der Waals surface area contributed by atoms with E-state index in [1.165, 1.54) is 5.56 Å². The fraction of sp³-hybridized carbons (Fsp3) is 0.588. The molecule has 0 radical (unpaired) electrons. The molecule has 3 nitrogen and oxygen atoms in total. The number of hydrogen-bond acceptors (Lipinski definition) is 3. The third-order valence-corrected chi connectivity index (χ3v) is 2.83. The minimum Gasteiger partial charge on any atom is -0.460 e. The van der Waals surface area contributed by atoms with E-state index in [-0.39, 0.29) is 11.5 Å². The van der Waals surface area contributed by atoms with Crippen LogP contribution in [-0.4, -0.2) is 11.5 Å². The first-order chi connectivity index (χ1) is 9.08. The van der Waals surface area contributed by atoms with Crippen LogP contribution in [0.1, 0.15) is 52.7 Å². The summed E-state index contributed by atoms with van der Waals surface area (Å²) in [6.45, 7) is 13.2. The lowest BCUT2D eigenvalue weighted by Crippen LogP contribution is -2.35. The van der Waals surface area contributed by atoms with E-state index in [1.54, 1.807) is 0 Å². The van der Waals surface area contributed by atoms with E-state index >= 15 is 0 Å². The molecule has 0 aromatic heterocycles. The Morgan fingerprint density at radius 3 is 1.95 bits per heavy atom. The summed E-state index contributed by atoms with van der Waals surface area (Å²) < 4.78 is 5.29. The summed E-state index contributed by atoms with van der Waals surface area (Å²) >= 11 is 0. The van der Waals surface area contributed by atoms with Crippen LogP contribution in [0.15, 0.2) is 24.3 Å². The third-order valence-electron chi connectivity index (χ3n) is 2.83. The highest BCUT2D eigenvalue weighted by Crippen LogP contribution is 2.16. The smallest absolute Gasteiger partial charge is 0.311 e. The topological polar surface area (TPSA) is 38.3 Å². The van der Waals surface area contributed by atoms with Crippen molar-refractivity contribution in [3.05, 3.63) is 35.4 Å². The van der Waals surface area contributed by atoms with Crippen LogP contribution in [-0.2, 0) is 22.7 Å². The number of hydrogen-bond donors (Lipinski definition) is 1. The molecule has 1 N–H and O–H groups in total. The molecule has 1 aromatic rings. The Labute approximate surface area is 122 Å². The zero-order valence-corrected chi connectivity index (χ0v) is 13.5. The fourth-order valence-electron chi connectivity index (χ4n) is 1.49. The van der Waals surface area contributed by atoms with Crippen LogP contribution in [0.5, 0.6) is 0 Å². The Morgan fingerprint density at radius 1 is 1.00 bits per heavy atom. The molecule has 1 rings (SSSR count). The molecular weight excluding hydrogens is 250 g/mol. The van der Waals surface area contributed by atoms with Crippen LogP contribution in [0.2, 0.25) is 0 Å². The van der Waals surface area contributed by atoms with Crippen LogP contribution in [0.3, 0.4) is 0 Å². The number of ether oxygens (including phenoxy) is 1. The largest absolute Gasteiger partial charge is 0.460 e. The number of esters is 1. The van der Waals surface area contributed by atoms with Gasteiger partial charge in [-0.3, -0.25) is 4.79 Å². The number of rotatable bonds is 4. The first-order valence-corrected chi connectivity index (χ1v) is 7.08. The highest BCUT2D eigenvalue weighted by Gasteiger charge is 2.22. The van der Waals surface area contributed by atoms with Gasteiger partial charge in [-0.2, -0.15) is 0 Å². The van der Waals surface area contributed by atoms with Gasteiger partial charge in [0.1, 0.15) is 6.61 Å². The Hall–Kier alpha value is -1.35. The van der Waals surface area contributed by atoms with Gasteiger partial charge in [-0.1, -0.05) is 24.3 Å². The van der Waals surface area contributed by atoms with E-state index in [0.717, 1.165) is 12.1 Å². The van der Waals surface area contributed by atoms with Gasteiger partial charge in [-0.05, 0) is 52.7 Å². The normalized spacial score (nSPS) is 12.3. The average Bonchev–Trinajstić information content (AvgIpc) is 2.32. The molecule has 0 heterocycles. The van der Waals surface area contributed by atoms with Crippen LogP contribution in [0.4, 0.5) is 0 Å². The van der Waals surface area contributed by atoms with Crippen LogP contribution in [0, 0.1) is 5.41 Å². The highest BCUT2D eigenvalue weighted by molar-refractivity contribution is 5.75. The van der Waals surface area contributed by atoms with Crippen LogP contribution < -0.4 is 5.32 Å². The monoisotopic (exact) mass is 277 g/mol. The molecule has 112 valence electrons. The van der Waals surface area contributed by atoms with Crippen LogP contribution >= 0.6 is 0 Å². The van der Waals surface area contributed by atoms with Crippen molar-refractivity contribution in [3.8, 4) is 0 Å². The lowest BCUT2D eigenvalue weighted by Gasteiger charge is -2.20. The molecule has 0 saturated carbocycles. The van der Waals surface area contributed by atoms with E-state index in [2.05, 4.69) is 38.2 Å². The molecule has 0 spiro atoms. The molecule has 0 saturated heterocycles. The maximum absolute atomic E-state index is 11.7. The molecule has 3 heteroatoms. The summed E-state index contributed by atoms with van der Waals surface area (Å²) in [5.74, 6) is -0.170. The lowest BCUT2D eigenvalue weighted by atomic mass is 9.97. The minimum atomic E-state index is -0.448. The maximum atomic E-state index is 11.7. The molecule has 0 atom stereocenters.